The number of hydrogen-bond acceptors (Lipinski definition) is 6. The molecule has 0 aliphatic heterocycles. The first kappa shape index (κ1) is 10.4. The Balaban J connectivity index is 1.89. The van der Waals surface area contributed by atoms with Crippen molar-refractivity contribution >= 4 is 0 Å². The second-order valence-electron chi connectivity index (χ2n) is 4.47. The van der Waals surface area contributed by atoms with Crippen LogP contribution in [-0.4, -0.2) is 25.3 Å². The fraction of sp³-hybridized carbons (Fsp3) is 0.600. The van der Waals surface area contributed by atoms with Crippen molar-refractivity contribution in [3.63, 3.8) is 0 Å². The van der Waals surface area contributed by atoms with Crippen LogP contribution >= 0.6 is 0 Å². The van der Waals surface area contributed by atoms with Crippen molar-refractivity contribution in [2.24, 2.45) is 5.73 Å². The number of hydrogen-bond donors (Lipinski definition) is 2. The van der Waals surface area contributed by atoms with Gasteiger partial charge >= 0.3 is 0 Å². The average molecular weight is 234 g/mol. The van der Waals surface area contributed by atoms with Crippen molar-refractivity contribution in [1.82, 2.24) is 25.3 Å². The molecular formula is C10H14N6O. The first-order valence-electron chi connectivity index (χ1n) is 5.77. The van der Waals surface area contributed by atoms with Gasteiger partial charge in [0, 0.05) is 0 Å². The molecule has 1 fully saturated rings. The van der Waals surface area contributed by atoms with Crippen LogP contribution in [-0.2, 0) is 5.54 Å². The Labute approximate surface area is 97.8 Å². The van der Waals surface area contributed by atoms with Crippen molar-refractivity contribution in [3.8, 4) is 11.6 Å². The SMILES string of the molecule is NC1(c2nc(-c3ncn[nH]3)no2)CCCCC1. The molecule has 2 heterocycles. The van der Waals surface area contributed by atoms with E-state index in [2.05, 4.69) is 25.3 Å². The van der Waals surface area contributed by atoms with Crippen molar-refractivity contribution in [3.05, 3.63) is 12.2 Å². The zero-order valence-electron chi connectivity index (χ0n) is 9.39. The van der Waals surface area contributed by atoms with Crippen molar-refractivity contribution < 1.29 is 4.52 Å². The number of nitrogens with two attached hydrogens (primary N) is 1. The molecular weight excluding hydrogens is 220 g/mol. The Kier molecular flexibility index (Phi) is 2.40. The summed E-state index contributed by atoms with van der Waals surface area (Å²) >= 11 is 0. The molecule has 7 nitrogen and oxygen atoms in total. The molecule has 3 N–H and O–H groups in total. The van der Waals surface area contributed by atoms with E-state index in [1.54, 1.807) is 0 Å². The molecule has 0 bridgehead atoms. The number of H-pyrrole nitrogens is 1. The molecule has 3 rings (SSSR count). The lowest BCUT2D eigenvalue weighted by Crippen LogP contribution is -2.38. The highest BCUT2D eigenvalue weighted by Gasteiger charge is 2.35. The molecule has 7 heteroatoms. The maximum absolute atomic E-state index is 6.30. The van der Waals surface area contributed by atoms with Crippen LogP contribution in [0.5, 0.6) is 0 Å². The molecule has 1 saturated carbocycles. The summed E-state index contributed by atoms with van der Waals surface area (Å²) in [5, 5.41) is 10.3. The normalized spacial score (nSPS) is 19.4. The Bertz CT molecular complexity index is 485. The summed E-state index contributed by atoms with van der Waals surface area (Å²) in [6.45, 7) is 0. The second-order valence-corrected chi connectivity index (χ2v) is 4.47. The quantitative estimate of drug-likeness (QED) is 0.801. The monoisotopic (exact) mass is 234 g/mol. The minimum atomic E-state index is -0.469. The Morgan fingerprint density at radius 1 is 1.29 bits per heavy atom. The number of nitrogens with zero attached hydrogens (tertiary/aromatic N) is 4. The lowest BCUT2D eigenvalue weighted by atomic mass is 9.82. The number of rotatable bonds is 2. The Hall–Kier alpha value is -1.76. The largest absolute Gasteiger partial charge is 0.337 e. The molecule has 0 amide bonds. The van der Waals surface area contributed by atoms with Crippen molar-refractivity contribution in [2.45, 2.75) is 37.6 Å². The van der Waals surface area contributed by atoms with E-state index >= 15 is 0 Å². The molecule has 0 aromatic carbocycles. The summed E-state index contributed by atoms with van der Waals surface area (Å²) in [6, 6.07) is 0. The molecule has 1 aliphatic carbocycles. The molecule has 0 spiro atoms. The lowest BCUT2D eigenvalue weighted by Gasteiger charge is -2.29. The first-order chi connectivity index (χ1) is 8.28. The molecule has 90 valence electrons. The van der Waals surface area contributed by atoms with Gasteiger partial charge in [-0.15, -0.1) is 0 Å². The number of aromatic amines is 1. The van der Waals surface area contributed by atoms with Gasteiger partial charge in [-0.1, -0.05) is 24.4 Å². The Morgan fingerprint density at radius 2 is 2.12 bits per heavy atom. The summed E-state index contributed by atoms with van der Waals surface area (Å²) in [4.78, 5) is 8.29. The van der Waals surface area contributed by atoms with Gasteiger partial charge < -0.3 is 10.3 Å². The fourth-order valence-corrected chi connectivity index (χ4v) is 2.23. The highest BCUT2D eigenvalue weighted by Crippen LogP contribution is 2.34. The van der Waals surface area contributed by atoms with Gasteiger partial charge in [-0.3, -0.25) is 5.10 Å². The Morgan fingerprint density at radius 3 is 2.82 bits per heavy atom. The van der Waals surface area contributed by atoms with E-state index in [0.717, 1.165) is 25.7 Å². The van der Waals surface area contributed by atoms with E-state index in [1.165, 1.54) is 12.7 Å². The zero-order valence-corrected chi connectivity index (χ0v) is 9.39. The van der Waals surface area contributed by atoms with Crippen LogP contribution in [0.25, 0.3) is 11.6 Å². The molecule has 17 heavy (non-hydrogen) atoms. The van der Waals surface area contributed by atoms with E-state index in [9.17, 15) is 0 Å². The molecule has 0 unspecified atom stereocenters. The summed E-state index contributed by atoms with van der Waals surface area (Å²) in [6.07, 6.45) is 6.63. The smallest absolute Gasteiger partial charge is 0.247 e. The van der Waals surface area contributed by atoms with Crippen LogP contribution in [0.4, 0.5) is 0 Å². The molecule has 2 aromatic rings. The third kappa shape index (κ3) is 1.82. The van der Waals surface area contributed by atoms with E-state index in [4.69, 9.17) is 10.3 Å². The van der Waals surface area contributed by atoms with Crippen LogP contribution in [0, 0.1) is 0 Å². The van der Waals surface area contributed by atoms with Gasteiger partial charge in [0.1, 0.15) is 6.33 Å². The summed E-state index contributed by atoms with van der Waals surface area (Å²) in [5.74, 6) is 1.41. The van der Waals surface area contributed by atoms with E-state index < -0.39 is 5.54 Å². The standard InChI is InChI=1S/C10H14N6O/c11-10(4-2-1-3-5-10)9-14-8(16-17-9)7-12-6-13-15-7/h6H,1-5,11H2,(H,12,13,15). The fourth-order valence-electron chi connectivity index (χ4n) is 2.23. The van der Waals surface area contributed by atoms with Gasteiger partial charge in [0.05, 0.1) is 5.54 Å². The molecule has 1 aliphatic rings. The third-order valence-electron chi connectivity index (χ3n) is 3.22. The van der Waals surface area contributed by atoms with Gasteiger partial charge in [-0.05, 0) is 12.8 Å². The van der Waals surface area contributed by atoms with Gasteiger partial charge in [0.25, 0.3) is 0 Å². The van der Waals surface area contributed by atoms with E-state index in [-0.39, 0.29) is 0 Å². The average Bonchev–Trinajstić information content (AvgIpc) is 3.01. The second kappa shape index (κ2) is 3.92. The van der Waals surface area contributed by atoms with Gasteiger partial charge in [0.15, 0.2) is 5.82 Å². The predicted molar refractivity (Wildman–Crippen MR) is 58.6 cm³/mol. The highest BCUT2D eigenvalue weighted by molar-refractivity contribution is 5.40. The van der Waals surface area contributed by atoms with Crippen LogP contribution in [0.3, 0.4) is 0 Å². The summed E-state index contributed by atoms with van der Waals surface area (Å²) < 4.78 is 5.26. The maximum atomic E-state index is 6.30. The third-order valence-corrected chi connectivity index (χ3v) is 3.22. The van der Waals surface area contributed by atoms with Gasteiger partial charge in [-0.25, -0.2) is 4.98 Å². The molecule has 0 saturated heterocycles. The zero-order chi connectivity index (χ0) is 11.7. The first-order valence-corrected chi connectivity index (χ1v) is 5.77. The van der Waals surface area contributed by atoms with Crippen LogP contribution in [0.15, 0.2) is 10.9 Å². The number of aromatic nitrogens is 5. The van der Waals surface area contributed by atoms with Crippen LogP contribution < -0.4 is 5.73 Å². The van der Waals surface area contributed by atoms with Crippen molar-refractivity contribution in [2.75, 3.05) is 0 Å². The van der Waals surface area contributed by atoms with Gasteiger partial charge in [-0.2, -0.15) is 10.1 Å². The van der Waals surface area contributed by atoms with E-state index in [0.29, 0.717) is 17.5 Å². The maximum Gasteiger partial charge on any atom is 0.247 e. The molecule has 2 aromatic heterocycles. The number of nitrogens with one attached hydrogen (secondary N) is 1. The summed E-state index contributed by atoms with van der Waals surface area (Å²) in [5.41, 5.74) is 5.84. The minimum Gasteiger partial charge on any atom is -0.337 e. The minimum absolute atomic E-state index is 0.410. The highest BCUT2D eigenvalue weighted by atomic mass is 16.5. The van der Waals surface area contributed by atoms with Crippen molar-refractivity contribution in [1.29, 1.82) is 0 Å². The summed E-state index contributed by atoms with van der Waals surface area (Å²) in [7, 11) is 0. The van der Waals surface area contributed by atoms with Crippen LogP contribution in [0.2, 0.25) is 0 Å². The van der Waals surface area contributed by atoms with Crippen LogP contribution in [0.1, 0.15) is 38.0 Å². The van der Waals surface area contributed by atoms with E-state index in [1.807, 2.05) is 0 Å². The van der Waals surface area contributed by atoms with Gasteiger partial charge in [0.2, 0.25) is 11.7 Å². The lowest BCUT2D eigenvalue weighted by molar-refractivity contribution is 0.220. The predicted octanol–water partition coefficient (Wildman–Crippen LogP) is 0.973. The topological polar surface area (TPSA) is 107 Å². The molecule has 0 radical (unpaired) electrons. The molecule has 0 atom stereocenters.